The van der Waals surface area contributed by atoms with E-state index in [1.54, 1.807) is 0 Å². The average molecular weight is 354 g/mol. The standard InChI is InChI=1S/C20H35NO4/c1-10-13-5-4-12-11(9-21)7-19(13,17(12)24)8-16(23)20(25)14(10)6-15(22)18(20,2)3/h10-17,22-25H,4-9,21H2,1-3H3/t10-,11+,12-,13-,14-,15-,16+,17+,19+,20-/m0/s1. The van der Waals surface area contributed by atoms with Gasteiger partial charge in [-0.25, -0.2) is 0 Å². The molecule has 0 aromatic carbocycles. The van der Waals surface area contributed by atoms with E-state index in [9.17, 15) is 20.4 Å². The first kappa shape index (κ1) is 18.2. The van der Waals surface area contributed by atoms with E-state index in [1.165, 1.54) is 0 Å². The molecule has 0 aromatic rings. The number of hydrogen-bond acceptors (Lipinski definition) is 5. The fourth-order valence-corrected chi connectivity index (χ4v) is 7.82. The van der Waals surface area contributed by atoms with Crippen LogP contribution in [0.3, 0.4) is 0 Å². The van der Waals surface area contributed by atoms with Gasteiger partial charge < -0.3 is 26.2 Å². The Balaban J connectivity index is 1.80. The molecule has 0 amide bonds. The van der Waals surface area contributed by atoms with Gasteiger partial charge in [0, 0.05) is 10.8 Å². The summed E-state index contributed by atoms with van der Waals surface area (Å²) in [4.78, 5) is 0. The van der Waals surface area contributed by atoms with Crippen LogP contribution in [0.25, 0.3) is 0 Å². The Morgan fingerprint density at radius 1 is 1.00 bits per heavy atom. The van der Waals surface area contributed by atoms with Crippen LogP contribution in [0.4, 0.5) is 0 Å². The Morgan fingerprint density at radius 3 is 2.32 bits per heavy atom. The zero-order valence-electron chi connectivity index (χ0n) is 15.7. The van der Waals surface area contributed by atoms with E-state index in [2.05, 4.69) is 6.92 Å². The maximum absolute atomic E-state index is 11.7. The van der Waals surface area contributed by atoms with Gasteiger partial charge in [0.05, 0.1) is 18.3 Å². The van der Waals surface area contributed by atoms with Gasteiger partial charge >= 0.3 is 0 Å². The molecule has 10 atom stereocenters. The van der Waals surface area contributed by atoms with Crippen molar-refractivity contribution in [2.24, 2.45) is 46.2 Å². The van der Waals surface area contributed by atoms with Crippen LogP contribution in [0.1, 0.15) is 52.9 Å². The van der Waals surface area contributed by atoms with E-state index in [0.717, 1.165) is 19.3 Å². The molecule has 0 heterocycles. The molecular weight excluding hydrogens is 318 g/mol. The minimum absolute atomic E-state index is 0.141. The monoisotopic (exact) mass is 353 g/mol. The summed E-state index contributed by atoms with van der Waals surface area (Å²) in [7, 11) is 0. The van der Waals surface area contributed by atoms with Gasteiger partial charge in [0.2, 0.25) is 0 Å². The summed E-state index contributed by atoms with van der Waals surface area (Å²) < 4.78 is 0. The van der Waals surface area contributed by atoms with Gasteiger partial charge in [0.15, 0.2) is 0 Å². The van der Waals surface area contributed by atoms with E-state index < -0.39 is 29.3 Å². The molecule has 25 heavy (non-hydrogen) atoms. The molecule has 4 fully saturated rings. The zero-order valence-corrected chi connectivity index (χ0v) is 15.7. The van der Waals surface area contributed by atoms with E-state index in [0.29, 0.717) is 25.3 Å². The van der Waals surface area contributed by atoms with Crippen molar-refractivity contribution in [1.29, 1.82) is 0 Å². The van der Waals surface area contributed by atoms with Gasteiger partial charge in [0.1, 0.15) is 5.60 Å². The second-order valence-electron chi connectivity index (χ2n) is 10.2. The molecule has 0 unspecified atom stereocenters. The Morgan fingerprint density at radius 2 is 1.68 bits per heavy atom. The minimum Gasteiger partial charge on any atom is -0.392 e. The lowest BCUT2D eigenvalue weighted by Crippen LogP contribution is -2.57. The van der Waals surface area contributed by atoms with Gasteiger partial charge in [-0.3, -0.25) is 0 Å². The van der Waals surface area contributed by atoms with Crippen LogP contribution in [-0.4, -0.2) is 50.9 Å². The van der Waals surface area contributed by atoms with Crippen LogP contribution in [0.15, 0.2) is 0 Å². The summed E-state index contributed by atoms with van der Waals surface area (Å²) in [5, 5.41) is 44.7. The maximum Gasteiger partial charge on any atom is 0.101 e. The minimum atomic E-state index is -1.31. The fourth-order valence-electron chi connectivity index (χ4n) is 7.82. The third-order valence-electron chi connectivity index (χ3n) is 9.35. The predicted octanol–water partition coefficient (Wildman–Crippen LogP) is 0.877. The highest BCUT2D eigenvalue weighted by Crippen LogP contribution is 2.68. The van der Waals surface area contributed by atoms with Gasteiger partial charge in [-0.15, -0.1) is 0 Å². The molecule has 0 aromatic heterocycles. The summed E-state index contributed by atoms with van der Waals surface area (Å²) in [5.41, 5.74) is 3.59. The van der Waals surface area contributed by atoms with Crippen LogP contribution in [0.2, 0.25) is 0 Å². The molecule has 0 radical (unpaired) electrons. The molecule has 5 nitrogen and oxygen atoms in total. The molecule has 0 aliphatic heterocycles. The van der Waals surface area contributed by atoms with Crippen molar-refractivity contribution in [2.45, 2.75) is 76.8 Å². The molecule has 2 bridgehead atoms. The first-order chi connectivity index (χ1) is 11.6. The maximum atomic E-state index is 11.7. The highest BCUT2D eigenvalue weighted by Gasteiger charge is 2.71. The summed E-state index contributed by atoms with van der Waals surface area (Å²) >= 11 is 0. The SMILES string of the molecule is C[C@H]1[C@@H]2CC[C@H]3[C@@H](CN)C[C@]2(C[C@@H](O)[C@@]2(O)[C@H]1C[C@H](O)C2(C)C)[C@@H]3O. The smallest absolute Gasteiger partial charge is 0.101 e. The van der Waals surface area contributed by atoms with E-state index in [-0.39, 0.29) is 29.1 Å². The predicted molar refractivity (Wildman–Crippen MR) is 94.4 cm³/mol. The first-order valence-corrected chi connectivity index (χ1v) is 10.1. The summed E-state index contributed by atoms with van der Waals surface area (Å²) in [5.74, 6) is 0.825. The molecule has 6 N–H and O–H groups in total. The lowest BCUT2D eigenvalue weighted by atomic mass is 9.59. The summed E-state index contributed by atoms with van der Waals surface area (Å²) in [6, 6.07) is 0. The van der Waals surface area contributed by atoms with Crippen molar-refractivity contribution in [1.82, 2.24) is 0 Å². The van der Waals surface area contributed by atoms with Crippen molar-refractivity contribution in [2.75, 3.05) is 6.54 Å². The Hall–Kier alpha value is -0.200. The number of nitrogens with two attached hydrogens (primary N) is 1. The van der Waals surface area contributed by atoms with Gasteiger partial charge in [0.25, 0.3) is 0 Å². The second kappa shape index (κ2) is 5.41. The number of fused-ring (bicyclic) bond motifs is 2. The third kappa shape index (κ3) is 1.97. The van der Waals surface area contributed by atoms with Gasteiger partial charge in [-0.05, 0) is 68.2 Å². The quantitative estimate of drug-likeness (QED) is 0.481. The number of aliphatic hydroxyl groups excluding tert-OH is 3. The van der Waals surface area contributed by atoms with Crippen LogP contribution in [0, 0.1) is 40.4 Å². The lowest BCUT2D eigenvalue weighted by Gasteiger charge is -2.47. The molecular formula is C20H35NO4. The largest absolute Gasteiger partial charge is 0.392 e. The molecule has 4 saturated carbocycles. The van der Waals surface area contributed by atoms with E-state index in [4.69, 9.17) is 5.73 Å². The topological polar surface area (TPSA) is 107 Å². The van der Waals surface area contributed by atoms with Crippen molar-refractivity contribution >= 4 is 0 Å². The van der Waals surface area contributed by atoms with Crippen LogP contribution >= 0.6 is 0 Å². The highest BCUT2D eigenvalue weighted by molar-refractivity contribution is 5.20. The average Bonchev–Trinajstić information content (AvgIpc) is 2.81. The number of rotatable bonds is 1. The first-order valence-electron chi connectivity index (χ1n) is 10.1. The Labute approximate surface area is 150 Å². The molecule has 4 aliphatic rings. The Bertz CT molecular complexity index is 554. The molecule has 0 saturated heterocycles. The zero-order chi connectivity index (χ0) is 18.4. The summed E-state index contributed by atoms with van der Waals surface area (Å²) in [6.45, 7) is 6.49. The molecule has 4 rings (SSSR count). The fraction of sp³-hybridized carbons (Fsp3) is 1.00. The van der Waals surface area contributed by atoms with E-state index >= 15 is 0 Å². The third-order valence-corrected chi connectivity index (χ3v) is 9.35. The second-order valence-corrected chi connectivity index (χ2v) is 10.2. The normalized spacial score (nSPS) is 60.0. The molecule has 5 heteroatoms. The lowest BCUT2D eigenvalue weighted by molar-refractivity contribution is -0.178. The van der Waals surface area contributed by atoms with Crippen molar-refractivity contribution < 1.29 is 20.4 Å². The molecule has 1 spiro atoms. The van der Waals surface area contributed by atoms with Crippen LogP contribution in [-0.2, 0) is 0 Å². The van der Waals surface area contributed by atoms with Gasteiger partial charge in [-0.1, -0.05) is 20.8 Å². The van der Waals surface area contributed by atoms with Crippen LogP contribution < -0.4 is 5.73 Å². The van der Waals surface area contributed by atoms with E-state index in [1.807, 2.05) is 13.8 Å². The molecule has 144 valence electrons. The highest BCUT2D eigenvalue weighted by atomic mass is 16.4. The number of hydrogen-bond donors (Lipinski definition) is 5. The van der Waals surface area contributed by atoms with Crippen LogP contribution in [0.5, 0.6) is 0 Å². The molecule has 4 aliphatic carbocycles. The Kier molecular flexibility index (Phi) is 3.94. The van der Waals surface area contributed by atoms with Gasteiger partial charge in [-0.2, -0.15) is 0 Å². The van der Waals surface area contributed by atoms with Crippen molar-refractivity contribution in [3.05, 3.63) is 0 Å². The number of aliphatic hydroxyl groups is 4. The van der Waals surface area contributed by atoms with Crippen molar-refractivity contribution in [3.8, 4) is 0 Å². The van der Waals surface area contributed by atoms with Crippen molar-refractivity contribution in [3.63, 3.8) is 0 Å². The summed E-state index contributed by atoms with van der Waals surface area (Å²) in [6.07, 6.45) is 1.81.